The fraction of sp³-hybridized carbons (Fsp3) is 0.538. The summed E-state index contributed by atoms with van der Waals surface area (Å²) in [7, 11) is 0. The average Bonchev–Trinajstić information content (AvgIpc) is 3.28. The van der Waals surface area contributed by atoms with Gasteiger partial charge in [-0.2, -0.15) is 5.10 Å². The minimum absolute atomic E-state index is 0.301. The van der Waals surface area contributed by atoms with Crippen LogP contribution in [0.15, 0.2) is 41.3 Å². The molecule has 36 heavy (non-hydrogen) atoms. The second-order valence-electron chi connectivity index (χ2n) is 9.54. The zero-order chi connectivity index (χ0) is 24.7. The fourth-order valence-electron chi connectivity index (χ4n) is 5.16. The van der Waals surface area contributed by atoms with Crippen LogP contribution in [0.4, 0.5) is 5.69 Å². The minimum atomic E-state index is -0.301. The second kappa shape index (κ2) is 12.1. The van der Waals surface area contributed by atoms with E-state index in [1.807, 2.05) is 6.07 Å². The van der Waals surface area contributed by atoms with Crippen LogP contribution >= 0.6 is 11.6 Å². The number of nitrogens with one attached hydrogen (secondary N) is 2. The molecule has 2 N–H and O–H groups in total. The number of morpholine rings is 1. The first-order valence-corrected chi connectivity index (χ1v) is 13.3. The summed E-state index contributed by atoms with van der Waals surface area (Å²) >= 11 is 6.14. The molecule has 0 radical (unpaired) electrons. The zero-order valence-electron chi connectivity index (χ0n) is 20.6. The van der Waals surface area contributed by atoms with Crippen molar-refractivity contribution in [3.05, 3.63) is 57.6 Å². The molecule has 0 aliphatic carbocycles. The lowest BCUT2D eigenvalue weighted by Gasteiger charge is -2.40. The van der Waals surface area contributed by atoms with Gasteiger partial charge in [-0.25, -0.2) is 14.3 Å². The van der Waals surface area contributed by atoms with E-state index in [4.69, 9.17) is 21.1 Å². The Morgan fingerprint density at radius 1 is 1.17 bits per heavy atom. The van der Waals surface area contributed by atoms with Gasteiger partial charge in [-0.1, -0.05) is 23.7 Å². The Bertz CT molecular complexity index is 1180. The molecule has 0 atom stereocenters. The molecule has 2 aliphatic heterocycles. The smallest absolute Gasteiger partial charge is 0.347 e. The highest BCUT2D eigenvalue weighted by Crippen LogP contribution is 2.21. The number of benzene rings is 1. The number of fused-ring (bicyclic) bond motifs is 1. The fourth-order valence-corrected chi connectivity index (χ4v) is 5.36. The van der Waals surface area contributed by atoms with Gasteiger partial charge in [-0.3, -0.25) is 9.80 Å². The molecule has 5 rings (SSSR count). The van der Waals surface area contributed by atoms with Crippen molar-refractivity contribution < 1.29 is 9.47 Å². The highest BCUT2D eigenvalue weighted by Gasteiger charge is 2.25. The van der Waals surface area contributed by atoms with Crippen molar-refractivity contribution in [3.8, 4) is 5.75 Å². The number of aromatic amines is 1. The lowest BCUT2D eigenvalue weighted by molar-refractivity contribution is 0.0000700. The molecule has 1 aromatic carbocycles. The van der Waals surface area contributed by atoms with Gasteiger partial charge in [-0.05, 0) is 62.5 Å². The summed E-state index contributed by atoms with van der Waals surface area (Å²) in [6, 6.07) is 10.9. The highest BCUT2D eigenvalue weighted by molar-refractivity contribution is 6.30. The maximum Gasteiger partial charge on any atom is 0.347 e. The first-order valence-electron chi connectivity index (χ1n) is 12.9. The summed E-state index contributed by atoms with van der Waals surface area (Å²) in [6.45, 7) is 8.61. The van der Waals surface area contributed by atoms with Gasteiger partial charge >= 0.3 is 5.69 Å². The molecule has 3 aromatic rings. The largest absolute Gasteiger partial charge is 0.492 e. The van der Waals surface area contributed by atoms with E-state index in [0.717, 1.165) is 76.8 Å². The van der Waals surface area contributed by atoms with Crippen LogP contribution in [0, 0.1) is 0 Å². The Hall–Kier alpha value is -2.59. The number of hydrogen-bond donors (Lipinski definition) is 2. The van der Waals surface area contributed by atoms with Crippen molar-refractivity contribution >= 4 is 22.9 Å². The van der Waals surface area contributed by atoms with E-state index >= 15 is 0 Å². The number of anilines is 1. The van der Waals surface area contributed by atoms with Gasteiger partial charge in [0.25, 0.3) is 0 Å². The number of hydrogen-bond acceptors (Lipinski definition) is 7. The Morgan fingerprint density at radius 3 is 2.83 bits per heavy atom. The van der Waals surface area contributed by atoms with E-state index in [1.54, 1.807) is 12.3 Å². The van der Waals surface area contributed by atoms with Crippen molar-refractivity contribution in [2.24, 2.45) is 0 Å². The summed E-state index contributed by atoms with van der Waals surface area (Å²) < 4.78 is 13.0. The van der Waals surface area contributed by atoms with E-state index in [1.165, 1.54) is 22.8 Å². The first kappa shape index (κ1) is 25.1. The van der Waals surface area contributed by atoms with Crippen LogP contribution in [0.1, 0.15) is 24.8 Å². The third kappa shape index (κ3) is 6.39. The molecular weight excluding hydrogens is 480 g/mol. The molecule has 0 unspecified atom stereocenters. The van der Waals surface area contributed by atoms with Crippen LogP contribution in [0.5, 0.6) is 5.75 Å². The molecule has 0 saturated carbocycles. The maximum atomic E-state index is 11.8. The summed E-state index contributed by atoms with van der Waals surface area (Å²) in [5.41, 5.74) is 2.23. The minimum Gasteiger partial charge on any atom is -0.492 e. The maximum absolute atomic E-state index is 11.8. The molecule has 9 nitrogen and oxygen atoms in total. The Balaban J connectivity index is 1.02. The van der Waals surface area contributed by atoms with Gasteiger partial charge in [0.15, 0.2) is 5.65 Å². The quantitative estimate of drug-likeness (QED) is 0.402. The topological polar surface area (TPSA) is 87.1 Å². The Kier molecular flexibility index (Phi) is 8.43. The van der Waals surface area contributed by atoms with E-state index in [-0.39, 0.29) is 5.69 Å². The Labute approximate surface area is 216 Å². The third-order valence-electron chi connectivity index (χ3n) is 7.13. The molecule has 4 heterocycles. The molecule has 2 saturated heterocycles. The molecule has 2 fully saturated rings. The first-order chi connectivity index (χ1) is 17.7. The van der Waals surface area contributed by atoms with Gasteiger partial charge < -0.3 is 14.8 Å². The second-order valence-corrected chi connectivity index (χ2v) is 9.98. The summed E-state index contributed by atoms with van der Waals surface area (Å²) in [5.74, 6) is 0.927. The van der Waals surface area contributed by atoms with E-state index in [2.05, 4.69) is 43.5 Å². The third-order valence-corrected chi connectivity index (χ3v) is 7.34. The van der Waals surface area contributed by atoms with Crippen molar-refractivity contribution in [2.45, 2.75) is 31.7 Å². The molecule has 0 amide bonds. The predicted octanol–water partition coefficient (Wildman–Crippen LogP) is 2.90. The SMILES string of the molecule is O=c1[nH]nc2c(NCCCc3cccc(OCCN4CCC(N5CCOCC5)CC4)c3)cc(Cl)cn12. The summed E-state index contributed by atoms with van der Waals surface area (Å²) in [5, 5.41) is 10.4. The number of aromatic nitrogens is 3. The van der Waals surface area contributed by atoms with E-state index in [9.17, 15) is 4.79 Å². The Morgan fingerprint density at radius 2 is 2.00 bits per heavy atom. The van der Waals surface area contributed by atoms with Gasteiger partial charge in [-0.15, -0.1) is 0 Å². The van der Waals surface area contributed by atoms with Crippen LogP contribution in [0.3, 0.4) is 0 Å². The number of ether oxygens (including phenoxy) is 2. The van der Waals surface area contributed by atoms with Crippen LogP contribution < -0.4 is 15.7 Å². The van der Waals surface area contributed by atoms with Crippen molar-refractivity contribution in [1.82, 2.24) is 24.4 Å². The number of halogens is 1. The van der Waals surface area contributed by atoms with Gasteiger partial charge in [0.2, 0.25) is 0 Å². The number of nitrogens with zero attached hydrogens (tertiary/aromatic N) is 4. The normalized spacial score (nSPS) is 18.0. The van der Waals surface area contributed by atoms with Crippen LogP contribution in [-0.2, 0) is 11.2 Å². The molecule has 0 spiro atoms. The summed E-state index contributed by atoms with van der Waals surface area (Å²) in [6.07, 6.45) is 5.88. The lowest BCUT2D eigenvalue weighted by atomic mass is 10.0. The number of aryl methyl sites for hydroxylation is 1. The molecular formula is C26H35ClN6O3. The monoisotopic (exact) mass is 514 g/mol. The van der Waals surface area contributed by atoms with Crippen molar-refractivity contribution in [3.63, 3.8) is 0 Å². The van der Waals surface area contributed by atoms with E-state index < -0.39 is 0 Å². The lowest BCUT2D eigenvalue weighted by Crippen LogP contribution is -2.49. The molecule has 2 aliphatic rings. The standard InChI is InChI=1S/C26H35ClN6O3/c27-21-18-24(25-29-30-26(34)33(25)19-21)28-8-2-4-20-3-1-5-23(17-20)36-16-11-31-9-6-22(7-10-31)32-12-14-35-15-13-32/h1,3,5,17-19,22,28H,2,4,6-16H2,(H,30,34). The zero-order valence-corrected chi connectivity index (χ0v) is 21.4. The van der Waals surface area contributed by atoms with Gasteiger partial charge in [0.05, 0.1) is 23.9 Å². The number of likely N-dealkylation sites (tertiary alicyclic amines) is 1. The van der Waals surface area contributed by atoms with Crippen molar-refractivity contribution in [2.75, 3.05) is 64.4 Å². The molecule has 0 bridgehead atoms. The van der Waals surface area contributed by atoms with Crippen LogP contribution in [0.2, 0.25) is 5.02 Å². The number of H-pyrrole nitrogens is 1. The van der Waals surface area contributed by atoms with Crippen molar-refractivity contribution in [1.29, 1.82) is 0 Å². The molecule has 10 heteroatoms. The molecule has 194 valence electrons. The van der Waals surface area contributed by atoms with Crippen LogP contribution in [0.25, 0.3) is 5.65 Å². The highest BCUT2D eigenvalue weighted by atomic mass is 35.5. The average molecular weight is 515 g/mol. The number of rotatable bonds is 10. The predicted molar refractivity (Wildman–Crippen MR) is 141 cm³/mol. The van der Waals surface area contributed by atoms with Crippen LogP contribution in [-0.4, -0.2) is 89.5 Å². The number of pyridine rings is 1. The molecule has 2 aromatic heterocycles. The van der Waals surface area contributed by atoms with Gasteiger partial charge in [0, 0.05) is 38.4 Å². The van der Waals surface area contributed by atoms with E-state index in [0.29, 0.717) is 23.3 Å². The summed E-state index contributed by atoms with van der Waals surface area (Å²) in [4.78, 5) is 16.9. The number of piperidine rings is 1. The van der Waals surface area contributed by atoms with Gasteiger partial charge in [0.1, 0.15) is 12.4 Å².